The van der Waals surface area contributed by atoms with Gasteiger partial charge in [-0.3, -0.25) is 0 Å². The van der Waals surface area contributed by atoms with Gasteiger partial charge in [0.05, 0.1) is 5.02 Å². The van der Waals surface area contributed by atoms with E-state index in [-0.39, 0.29) is 10.8 Å². The van der Waals surface area contributed by atoms with Crippen LogP contribution in [0.2, 0.25) is 5.02 Å². The topological polar surface area (TPSA) is 47.0 Å². The van der Waals surface area contributed by atoms with Gasteiger partial charge in [-0.15, -0.1) is 0 Å². The number of nitrogens with zero attached hydrogens (tertiary/aromatic N) is 2. The van der Waals surface area contributed by atoms with E-state index in [0.717, 1.165) is 0 Å². The molecule has 2 rings (SSSR count). The van der Waals surface area contributed by atoms with Crippen molar-refractivity contribution in [2.75, 3.05) is 11.9 Å². The number of hydrogen-bond donors (Lipinski definition) is 1. The van der Waals surface area contributed by atoms with E-state index < -0.39 is 5.82 Å². The molecule has 0 atom stereocenters. The highest BCUT2D eigenvalue weighted by Crippen LogP contribution is 2.29. The normalized spacial score (nSPS) is 10.3. The summed E-state index contributed by atoms with van der Waals surface area (Å²) in [4.78, 5) is 8.26. The molecular weight excluding hydrogens is 269 g/mol. The lowest BCUT2D eigenvalue weighted by Crippen LogP contribution is -2.04. The molecule has 1 heterocycles. The van der Waals surface area contributed by atoms with E-state index in [1.807, 2.05) is 6.92 Å². The number of hydrogen-bond acceptors (Lipinski definition) is 4. The zero-order chi connectivity index (χ0) is 13.8. The summed E-state index contributed by atoms with van der Waals surface area (Å²) in [5.74, 6) is 0.168. The maximum Gasteiger partial charge on any atom is 0.227 e. The number of anilines is 1. The summed E-state index contributed by atoms with van der Waals surface area (Å²) in [6.45, 7) is 4.40. The minimum absolute atomic E-state index is 0.0103. The van der Waals surface area contributed by atoms with Gasteiger partial charge < -0.3 is 10.1 Å². The maximum atomic E-state index is 13.8. The van der Waals surface area contributed by atoms with Crippen LogP contribution >= 0.6 is 11.6 Å². The van der Waals surface area contributed by atoms with Crippen LogP contribution in [0.15, 0.2) is 24.4 Å². The average Bonchev–Trinajstić information content (AvgIpc) is 2.39. The molecule has 2 aromatic rings. The number of ether oxygens (including phenoxy) is 1. The first-order valence-electron chi connectivity index (χ1n) is 5.81. The van der Waals surface area contributed by atoms with E-state index in [9.17, 15) is 4.39 Å². The van der Waals surface area contributed by atoms with E-state index in [1.165, 1.54) is 12.1 Å². The van der Waals surface area contributed by atoms with Crippen LogP contribution in [0, 0.1) is 12.7 Å². The van der Waals surface area contributed by atoms with Crippen molar-refractivity contribution in [1.29, 1.82) is 0 Å². The molecule has 100 valence electrons. The van der Waals surface area contributed by atoms with Crippen LogP contribution in [-0.4, -0.2) is 16.5 Å². The van der Waals surface area contributed by atoms with Crippen molar-refractivity contribution in [1.82, 2.24) is 9.97 Å². The third-order valence-corrected chi connectivity index (χ3v) is 2.67. The first-order chi connectivity index (χ1) is 9.11. The van der Waals surface area contributed by atoms with Crippen molar-refractivity contribution in [3.05, 3.63) is 40.8 Å². The molecule has 0 saturated heterocycles. The second kappa shape index (κ2) is 5.84. The van der Waals surface area contributed by atoms with Gasteiger partial charge in [0.2, 0.25) is 11.8 Å². The molecule has 0 spiro atoms. The molecule has 1 aromatic heterocycles. The molecule has 0 radical (unpaired) electrons. The van der Waals surface area contributed by atoms with E-state index in [0.29, 0.717) is 23.9 Å². The molecule has 0 saturated carbocycles. The van der Waals surface area contributed by atoms with Crippen LogP contribution < -0.4 is 10.1 Å². The molecule has 0 aliphatic heterocycles. The third-order valence-electron chi connectivity index (χ3n) is 2.38. The molecule has 0 aliphatic carbocycles. The highest BCUT2D eigenvalue weighted by atomic mass is 35.5. The highest BCUT2D eigenvalue weighted by Gasteiger charge is 2.11. The van der Waals surface area contributed by atoms with Crippen LogP contribution in [-0.2, 0) is 0 Å². The Hall–Kier alpha value is -1.88. The molecule has 0 unspecified atom stereocenters. The van der Waals surface area contributed by atoms with Gasteiger partial charge in [-0.05, 0) is 26.0 Å². The minimum Gasteiger partial charge on any atom is -0.435 e. The first kappa shape index (κ1) is 13.5. The molecular formula is C13H13ClFN3O. The number of benzene rings is 1. The Morgan fingerprint density at radius 1 is 1.42 bits per heavy atom. The Labute approximate surface area is 115 Å². The van der Waals surface area contributed by atoms with Gasteiger partial charge in [0, 0.05) is 18.3 Å². The molecule has 0 amide bonds. The lowest BCUT2D eigenvalue weighted by atomic mass is 10.3. The largest absolute Gasteiger partial charge is 0.435 e. The molecule has 1 N–H and O–H groups in total. The number of nitrogens with one attached hydrogen (secondary N) is 1. The lowest BCUT2D eigenvalue weighted by Gasteiger charge is -2.10. The lowest BCUT2D eigenvalue weighted by molar-refractivity contribution is 0.424. The van der Waals surface area contributed by atoms with Crippen molar-refractivity contribution >= 4 is 17.5 Å². The molecule has 0 bridgehead atoms. The molecule has 0 aliphatic rings. The molecule has 1 aromatic carbocycles. The SMILES string of the molecule is CCNc1ncc(C)c(Oc2cccc(Cl)c2F)n1. The summed E-state index contributed by atoms with van der Waals surface area (Å²) in [5, 5.41) is 2.98. The maximum absolute atomic E-state index is 13.8. The van der Waals surface area contributed by atoms with Crippen molar-refractivity contribution in [2.45, 2.75) is 13.8 Å². The Balaban J connectivity index is 2.32. The van der Waals surface area contributed by atoms with Crippen molar-refractivity contribution in [3.8, 4) is 11.6 Å². The van der Waals surface area contributed by atoms with E-state index in [4.69, 9.17) is 16.3 Å². The van der Waals surface area contributed by atoms with Gasteiger partial charge in [0.25, 0.3) is 0 Å². The predicted octanol–water partition coefficient (Wildman–Crippen LogP) is 3.80. The van der Waals surface area contributed by atoms with Crippen molar-refractivity contribution < 1.29 is 9.13 Å². The Bertz CT molecular complexity index is 592. The Morgan fingerprint density at radius 2 is 2.21 bits per heavy atom. The van der Waals surface area contributed by atoms with Gasteiger partial charge in [0.1, 0.15) is 0 Å². The zero-order valence-corrected chi connectivity index (χ0v) is 11.3. The summed E-state index contributed by atoms with van der Waals surface area (Å²) in [7, 11) is 0. The summed E-state index contributed by atoms with van der Waals surface area (Å²) < 4.78 is 19.2. The second-order valence-electron chi connectivity index (χ2n) is 3.87. The summed E-state index contributed by atoms with van der Waals surface area (Å²) >= 11 is 5.70. The van der Waals surface area contributed by atoms with Crippen molar-refractivity contribution in [2.24, 2.45) is 0 Å². The zero-order valence-electron chi connectivity index (χ0n) is 10.6. The van der Waals surface area contributed by atoms with Crippen LogP contribution in [0.3, 0.4) is 0 Å². The second-order valence-corrected chi connectivity index (χ2v) is 4.27. The van der Waals surface area contributed by atoms with Crippen LogP contribution in [0.1, 0.15) is 12.5 Å². The summed E-state index contributed by atoms with van der Waals surface area (Å²) in [6, 6.07) is 4.57. The number of rotatable bonds is 4. The van der Waals surface area contributed by atoms with Gasteiger partial charge in [-0.25, -0.2) is 9.37 Å². The van der Waals surface area contributed by atoms with Gasteiger partial charge in [0.15, 0.2) is 11.6 Å². The van der Waals surface area contributed by atoms with Crippen LogP contribution in [0.5, 0.6) is 11.6 Å². The molecule has 4 nitrogen and oxygen atoms in total. The number of aromatic nitrogens is 2. The standard InChI is InChI=1S/C13H13ClFN3O/c1-3-16-13-17-7-8(2)12(18-13)19-10-6-4-5-9(14)11(10)15/h4-7H,3H2,1-2H3,(H,16,17,18). The fraction of sp³-hybridized carbons (Fsp3) is 0.231. The fourth-order valence-corrected chi connectivity index (χ4v) is 1.61. The highest BCUT2D eigenvalue weighted by molar-refractivity contribution is 6.30. The average molecular weight is 282 g/mol. The van der Waals surface area contributed by atoms with Crippen LogP contribution in [0.4, 0.5) is 10.3 Å². The van der Waals surface area contributed by atoms with Crippen LogP contribution in [0.25, 0.3) is 0 Å². The molecule has 19 heavy (non-hydrogen) atoms. The predicted molar refractivity (Wildman–Crippen MR) is 72.4 cm³/mol. The minimum atomic E-state index is -0.604. The number of aryl methyl sites for hydroxylation is 1. The summed E-state index contributed by atoms with van der Waals surface area (Å²) in [5.41, 5.74) is 0.709. The van der Waals surface area contributed by atoms with Gasteiger partial charge in [-0.2, -0.15) is 4.98 Å². The van der Waals surface area contributed by atoms with E-state index in [2.05, 4.69) is 15.3 Å². The quantitative estimate of drug-likeness (QED) is 0.926. The first-order valence-corrected chi connectivity index (χ1v) is 6.19. The van der Waals surface area contributed by atoms with Gasteiger partial charge in [-0.1, -0.05) is 17.7 Å². The smallest absolute Gasteiger partial charge is 0.227 e. The monoisotopic (exact) mass is 281 g/mol. The third kappa shape index (κ3) is 3.12. The van der Waals surface area contributed by atoms with E-state index >= 15 is 0 Å². The van der Waals surface area contributed by atoms with E-state index in [1.54, 1.807) is 19.2 Å². The molecule has 0 fully saturated rings. The molecule has 6 heteroatoms. The Morgan fingerprint density at radius 3 is 2.95 bits per heavy atom. The van der Waals surface area contributed by atoms with Crippen molar-refractivity contribution in [3.63, 3.8) is 0 Å². The number of halogens is 2. The summed E-state index contributed by atoms with van der Waals surface area (Å²) in [6.07, 6.45) is 1.61. The fourth-order valence-electron chi connectivity index (χ4n) is 1.44. The Kier molecular flexibility index (Phi) is 4.16. The van der Waals surface area contributed by atoms with Gasteiger partial charge >= 0.3 is 0 Å².